The number of amides is 1. The van der Waals surface area contributed by atoms with Gasteiger partial charge in [0.15, 0.2) is 0 Å². The molecule has 0 aliphatic rings. The summed E-state index contributed by atoms with van der Waals surface area (Å²) in [5, 5.41) is 2.77. The number of hydrogen-bond acceptors (Lipinski definition) is 3. The molecule has 2 aromatic heterocycles. The van der Waals surface area contributed by atoms with E-state index in [9.17, 15) is 4.79 Å². The van der Waals surface area contributed by atoms with E-state index in [0.29, 0.717) is 0 Å². The van der Waals surface area contributed by atoms with E-state index >= 15 is 0 Å². The number of anilines is 1. The summed E-state index contributed by atoms with van der Waals surface area (Å²) >= 11 is 0. The van der Waals surface area contributed by atoms with Gasteiger partial charge in [0.05, 0.1) is 5.69 Å². The van der Waals surface area contributed by atoms with Crippen LogP contribution in [0.15, 0.2) is 48.8 Å². The summed E-state index contributed by atoms with van der Waals surface area (Å²) in [5.74, 6) is -0.168. The lowest BCUT2D eigenvalue weighted by molar-refractivity contribution is -0.119. The van der Waals surface area contributed by atoms with Crippen LogP contribution in [0.25, 0.3) is 16.9 Å². The van der Waals surface area contributed by atoms with Crippen LogP contribution in [-0.4, -0.2) is 29.0 Å². The molecule has 3 rings (SSSR count). The fourth-order valence-electron chi connectivity index (χ4n) is 2.35. The number of aryl methyl sites for hydroxylation is 1. The Kier molecular flexibility index (Phi) is 3.89. The van der Waals surface area contributed by atoms with Gasteiger partial charge in [-0.05, 0) is 30.7 Å². The highest BCUT2D eigenvalue weighted by molar-refractivity contribution is 5.91. The highest BCUT2D eigenvalue weighted by Crippen LogP contribution is 2.22. The normalized spacial score (nSPS) is 10.8. The lowest BCUT2D eigenvalue weighted by atomic mass is 10.1. The molecule has 0 aliphatic carbocycles. The number of carbonyl (C=O) groups excluding carboxylic acids is 1. The van der Waals surface area contributed by atoms with E-state index in [1.165, 1.54) is 7.11 Å². The Balaban J connectivity index is 1.85. The molecule has 5 heteroatoms. The average Bonchev–Trinajstić information content (AvgIpc) is 2.94. The van der Waals surface area contributed by atoms with Crippen LogP contribution in [0.4, 0.5) is 5.69 Å². The van der Waals surface area contributed by atoms with Crippen molar-refractivity contribution in [1.82, 2.24) is 9.38 Å². The van der Waals surface area contributed by atoms with Gasteiger partial charge in [-0.25, -0.2) is 4.98 Å². The monoisotopic (exact) mass is 295 g/mol. The minimum absolute atomic E-state index is 0.0491. The lowest BCUT2D eigenvalue weighted by Gasteiger charge is -2.04. The number of ether oxygens (including phenoxy) is 1. The van der Waals surface area contributed by atoms with Crippen LogP contribution in [-0.2, 0) is 9.53 Å². The summed E-state index contributed by atoms with van der Waals surface area (Å²) in [5.41, 5.74) is 4.75. The minimum Gasteiger partial charge on any atom is -0.375 e. The van der Waals surface area contributed by atoms with Crippen LogP contribution in [0.3, 0.4) is 0 Å². The molecular weight excluding hydrogens is 278 g/mol. The maximum absolute atomic E-state index is 11.5. The van der Waals surface area contributed by atoms with Gasteiger partial charge in [0.2, 0.25) is 5.91 Å². The van der Waals surface area contributed by atoms with Crippen LogP contribution in [0.2, 0.25) is 0 Å². The number of aromatic nitrogens is 2. The summed E-state index contributed by atoms with van der Waals surface area (Å²) in [6.45, 7) is 2.09. The zero-order valence-electron chi connectivity index (χ0n) is 12.5. The number of nitrogens with zero attached hydrogens (tertiary/aromatic N) is 2. The first-order valence-corrected chi connectivity index (χ1v) is 7.01. The molecule has 1 aromatic carbocycles. The molecule has 0 bridgehead atoms. The molecule has 0 fully saturated rings. The number of fused-ring (bicyclic) bond motifs is 1. The molecular formula is C17H17N3O2. The summed E-state index contributed by atoms with van der Waals surface area (Å²) in [6, 6.07) is 11.7. The van der Waals surface area contributed by atoms with Gasteiger partial charge in [-0.1, -0.05) is 18.2 Å². The first-order chi connectivity index (χ1) is 10.7. The van der Waals surface area contributed by atoms with Crippen LogP contribution in [0.1, 0.15) is 5.56 Å². The van der Waals surface area contributed by atoms with E-state index in [1.807, 2.05) is 60.1 Å². The van der Waals surface area contributed by atoms with Crippen molar-refractivity contribution >= 4 is 17.2 Å². The molecule has 0 saturated carbocycles. The number of methoxy groups -OCH3 is 1. The van der Waals surface area contributed by atoms with Crippen molar-refractivity contribution in [2.75, 3.05) is 19.0 Å². The fourth-order valence-corrected chi connectivity index (χ4v) is 2.35. The summed E-state index contributed by atoms with van der Waals surface area (Å²) < 4.78 is 6.80. The molecule has 3 aromatic rings. The SMILES string of the molecule is COCC(=O)Nc1ccc(-c2cn3cccc(C)c3n2)cc1. The Morgan fingerprint density at radius 1 is 1.27 bits per heavy atom. The van der Waals surface area contributed by atoms with Gasteiger partial charge in [0, 0.05) is 30.8 Å². The zero-order chi connectivity index (χ0) is 15.5. The molecule has 0 radical (unpaired) electrons. The number of imidazole rings is 1. The van der Waals surface area contributed by atoms with Gasteiger partial charge in [0.1, 0.15) is 12.3 Å². The van der Waals surface area contributed by atoms with E-state index in [0.717, 1.165) is 28.2 Å². The predicted octanol–water partition coefficient (Wildman–Crippen LogP) is 2.89. The second-order valence-corrected chi connectivity index (χ2v) is 5.11. The van der Waals surface area contributed by atoms with Crippen LogP contribution in [0.5, 0.6) is 0 Å². The van der Waals surface area contributed by atoms with Crippen molar-refractivity contribution in [3.8, 4) is 11.3 Å². The van der Waals surface area contributed by atoms with Crippen molar-refractivity contribution in [3.05, 3.63) is 54.4 Å². The summed E-state index contributed by atoms with van der Waals surface area (Å²) in [6.07, 6.45) is 3.99. The van der Waals surface area contributed by atoms with Crippen LogP contribution in [0, 0.1) is 6.92 Å². The highest BCUT2D eigenvalue weighted by atomic mass is 16.5. The van der Waals surface area contributed by atoms with Gasteiger partial charge in [0.25, 0.3) is 0 Å². The molecule has 112 valence electrons. The molecule has 1 amide bonds. The number of pyridine rings is 1. The Morgan fingerprint density at radius 2 is 2.05 bits per heavy atom. The smallest absolute Gasteiger partial charge is 0.250 e. The fraction of sp³-hybridized carbons (Fsp3) is 0.176. The predicted molar refractivity (Wildman–Crippen MR) is 85.9 cm³/mol. The van der Waals surface area contributed by atoms with Crippen molar-refractivity contribution in [3.63, 3.8) is 0 Å². The molecule has 22 heavy (non-hydrogen) atoms. The molecule has 5 nitrogen and oxygen atoms in total. The summed E-state index contributed by atoms with van der Waals surface area (Å²) in [7, 11) is 1.49. The molecule has 0 saturated heterocycles. The van der Waals surface area contributed by atoms with E-state index in [2.05, 4.69) is 10.3 Å². The highest BCUT2D eigenvalue weighted by Gasteiger charge is 2.07. The molecule has 0 unspecified atom stereocenters. The Morgan fingerprint density at radius 3 is 2.73 bits per heavy atom. The van der Waals surface area contributed by atoms with Crippen molar-refractivity contribution in [2.24, 2.45) is 0 Å². The largest absolute Gasteiger partial charge is 0.375 e. The number of benzene rings is 1. The van der Waals surface area contributed by atoms with Gasteiger partial charge in [-0.2, -0.15) is 0 Å². The molecule has 0 spiro atoms. The third-order valence-corrected chi connectivity index (χ3v) is 3.42. The topological polar surface area (TPSA) is 55.6 Å². The van der Waals surface area contributed by atoms with Gasteiger partial charge >= 0.3 is 0 Å². The summed E-state index contributed by atoms with van der Waals surface area (Å²) in [4.78, 5) is 16.1. The first-order valence-electron chi connectivity index (χ1n) is 7.01. The Hall–Kier alpha value is -2.66. The van der Waals surface area contributed by atoms with Crippen molar-refractivity contribution in [1.29, 1.82) is 0 Å². The average molecular weight is 295 g/mol. The first kappa shape index (κ1) is 14.3. The van der Waals surface area contributed by atoms with Crippen molar-refractivity contribution < 1.29 is 9.53 Å². The Bertz CT molecular complexity index is 806. The quantitative estimate of drug-likeness (QED) is 0.805. The van der Waals surface area contributed by atoms with Crippen LogP contribution >= 0.6 is 0 Å². The molecule has 1 N–H and O–H groups in total. The van der Waals surface area contributed by atoms with E-state index in [1.54, 1.807) is 0 Å². The molecule has 0 atom stereocenters. The van der Waals surface area contributed by atoms with Gasteiger partial charge in [-0.15, -0.1) is 0 Å². The maximum atomic E-state index is 11.5. The van der Waals surface area contributed by atoms with Crippen molar-refractivity contribution in [2.45, 2.75) is 6.92 Å². The third-order valence-electron chi connectivity index (χ3n) is 3.42. The minimum atomic E-state index is -0.168. The lowest BCUT2D eigenvalue weighted by Crippen LogP contribution is -2.16. The number of carbonyl (C=O) groups is 1. The van der Waals surface area contributed by atoms with Crippen LogP contribution < -0.4 is 5.32 Å². The maximum Gasteiger partial charge on any atom is 0.250 e. The molecule has 0 aliphatic heterocycles. The molecule has 2 heterocycles. The van der Waals surface area contributed by atoms with Gasteiger partial charge in [-0.3, -0.25) is 4.79 Å². The number of nitrogens with one attached hydrogen (secondary N) is 1. The van der Waals surface area contributed by atoms with E-state index < -0.39 is 0 Å². The number of rotatable bonds is 4. The number of hydrogen-bond donors (Lipinski definition) is 1. The standard InChI is InChI=1S/C17H17N3O2/c1-12-4-3-9-20-10-15(19-17(12)20)13-5-7-14(8-6-13)18-16(21)11-22-2/h3-10H,11H2,1-2H3,(H,18,21). The van der Waals surface area contributed by atoms with Gasteiger partial charge < -0.3 is 14.5 Å². The Labute approximate surface area is 128 Å². The second kappa shape index (κ2) is 5.99. The zero-order valence-corrected chi connectivity index (χ0v) is 12.5. The second-order valence-electron chi connectivity index (χ2n) is 5.11. The van der Waals surface area contributed by atoms with E-state index in [-0.39, 0.29) is 12.5 Å². The third kappa shape index (κ3) is 2.84. The van der Waals surface area contributed by atoms with E-state index in [4.69, 9.17) is 4.74 Å².